The highest BCUT2D eigenvalue weighted by molar-refractivity contribution is 6.42. The van der Waals surface area contributed by atoms with Crippen molar-refractivity contribution in [3.8, 4) is 11.3 Å². The molecule has 0 saturated heterocycles. The molecule has 3 rings (SSSR count). The van der Waals surface area contributed by atoms with Gasteiger partial charge in [0, 0.05) is 17.3 Å². The molecule has 2 aromatic carbocycles. The quantitative estimate of drug-likeness (QED) is 0.417. The second-order valence-corrected chi connectivity index (χ2v) is 6.39. The maximum atomic E-state index is 12.3. The van der Waals surface area contributed by atoms with Crippen molar-refractivity contribution in [3.05, 3.63) is 79.5 Å². The zero-order valence-electron chi connectivity index (χ0n) is 12.8. The van der Waals surface area contributed by atoms with E-state index in [9.17, 15) is 14.9 Å². The second-order valence-electron chi connectivity index (χ2n) is 5.17. The zero-order chi connectivity index (χ0) is 18.8. The lowest BCUT2D eigenvalue weighted by Crippen LogP contribution is -2.11. The van der Waals surface area contributed by atoms with Crippen molar-refractivity contribution in [1.29, 1.82) is 0 Å². The summed E-state index contributed by atoms with van der Waals surface area (Å²) in [5.41, 5.74) is 0.569. The normalized spacial score (nSPS) is 10.6. The standard InChI is InChI=1S/C17H9Cl3N2O4/c18-11-3-1-9(7-13(11)20)15-5-6-16(26-15)17(23)21-10-2-4-12(19)14(8-10)22(24)25/h1-8H,(H,21,23). The Labute approximate surface area is 162 Å². The Bertz CT molecular complexity index is 1020. The first kappa shape index (κ1) is 18.3. The number of amides is 1. The maximum Gasteiger partial charge on any atom is 0.291 e. The minimum Gasteiger partial charge on any atom is -0.451 e. The van der Waals surface area contributed by atoms with Gasteiger partial charge in [0.05, 0.1) is 15.0 Å². The summed E-state index contributed by atoms with van der Waals surface area (Å²) in [7, 11) is 0. The maximum absolute atomic E-state index is 12.3. The predicted octanol–water partition coefficient (Wildman–Crippen LogP) is 6.07. The average molecular weight is 412 g/mol. The number of nitro benzene ring substituents is 1. The van der Waals surface area contributed by atoms with Crippen molar-refractivity contribution >= 4 is 52.1 Å². The Morgan fingerprint density at radius 3 is 2.38 bits per heavy atom. The Hall–Kier alpha value is -2.54. The number of nitrogens with zero attached hydrogens (tertiary/aromatic N) is 1. The summed E-state index contributed by atoms with van der Waals surface area (Å²) in [6.45, 7) is 0. The van der Waals surface area contributed by atoms with Crippen LogP contribution in [0.15, 0.2) is 52.9 Å². The van der Waals surface area contributed by atoms with Crippen LogP contribution in [0, 0.1) is 10.1 Å². The summed E-state index contributed by atoms with van der Waals surface area (Å²) in [5.74, 6) is -0.104. The minimum absolute atomic E-state index is 0.0205. The fourth-order valence-electron chi connectivity index (χ4n) is 2.19. The van der Waals surface area contributed by atoms with E-state index >= 15 is 0 Å². The van der Waals surface area contributed by atoms with E-state index in [0.29, 0.717) is 21.4 Å². The van der Waals surface area contributed by atoms with E-state index in [0.717, 1.165) is 0 Å². The van der Waals surface area contributed by atoms with Crippen LogP contribution in [0.4, 0.5) is 11.4 Å². The van der Waals surface area contributed by atoms with Crippen molar-refractivity contribution in [2.75, 3.05) is 5.32 Å². The second kappa shape index (κ2) is 7.37. The van der Waals surface area contributed by atoms with E-state index in [1.54, 1.807) is 24.3 Å². The van der Waals surface area contributed by atoms with Gasteiger partial charge in [-0.1, -0.05) is 34.8 Å². The molecule has 0 spiro atoms. The zero-order valence-corrected chi connectivity index (χ0v) is 15.1. The van der Waals surface area contributed by atoms with Crippen LogP contribution in [-0.2, 0) is 0 Å². The highest BCUT2D eigenvalue weighted by Crippen LogP contribution is 2.30. The summed E-state index contributed by atoms with van der Waals surface area (Å²) >= 11 is 17.6. The van der Waals surface area contributed by atoms with Gasteiger partial charge in [0.1, 0.15) is 10.8 Å². The number of benzene rings is 2. The number of nitro groups is 1. The van der Waals surface area contributed by atoms with E-state index in [1.807, 2.05) is 0 Å². The molecule has 132 valence electrons. The lowest BCUT2D eigenvalue weighted by Gasteiger charge is -2.04. The smallest absolute Gasteiger partial charge is 0.291 e. The lowest BCUT2D eigenvalue weighted by atomic mass is 10.2. The number of nitrogens with one attached hydrogen (secondary N) is 1. The molecule has 0 unspecified atom stereocenters. The lowest BCUT2D eigenvalue weighted by molar-refractivity contribution is -0.384. The van der Waals surface area contributed by atoms with Crippen LogP contribution in [0.3, 0.4) is 0 Å². The van der Waals surface area contributed by atoms with Crippen LogP contribution in [-0.4, -0.2) is 10.8 Å². The fraction of sp³-hybridized carbons (Fsp3) is 0. The van der Waals surface area contributed by atoms with Gasteiger partial charge in [-0.25, -0.2) is 0 Å². The SMILES string of the molecule is O=C(Nc1ccc(Cl)c([N+](=O)[O-])c1)c1ccc(-c2ccc(Cl)c(Cl)c2)o1. The molecule has 1 N–H and O–H groups in total. The molecule has 0 aliphatic heterocycles. The van der Waals surface area contributed by atoms with E-state index in [-0.39, 0.29) is 22.2 Å². The molecular formula is C17H9Cl3N2O4. The van der Waals surface area contributed by atoms with Gasteiger partial charge < -0.3 is 9.73 Å². The van der Waals surface area contributed by atoms with Gasteiger partial charge in [-0.05, 0) is 42.5 Å². The van der Waals surface area contributed by atoms with Crippen LogP contribution in [0.25, 0.3) is 11.3 Å². The Morgan fingerprint density at radius 1 is 0.962 bits per heavy atom. The minimum atomic E-state index is -0.632. The van der Waals surface area contributed by atoms with Gasteiger partial charge in [0.25, 0.3) is 11.6 Å². The van der Waals surface area contributed by atoms with Crippen LogP contribution in [0.5, 0.6) is 0 Å². The van der Waals surface area contributed by atoms with Crippen molar-refractivity contribution in [3.63, 3.8) is 0 Å². The third-order valence-electron chi connectivity index (χ3n) is 3.43. The van der Waals surface area contributed by atoms with Gasteiger partial charge in [0.2, 0.25) is 0 Å². The third-order valence-corrected chi connectivity index (χ3v) is 4.49. The monoisotopic (exact) mass is 410 g/mol. The highest BCUT2D eigenvalue weighted by Gasteiger charge is 2.17. The number of furan rings is 1. The van der Waals surface area contributed by atoms with E-state index < -0.39 is 10.8 Å². The Balaban J connectivity index is 1.81. The van der Waals surface area contributed by atoms with Crippen molar-refractivity contribution in [2.45, 2.75) is 0 Å². The highest BCUT2D eigenvalue weighted by atomic mass is 35.5. The predicted molar refractivity (Wildman–Crippen MR) is 100 cm³/mol. The first-order valence-electron chi connectivity index (χ1n) is 7.15. The number of hydrogen-bond donors (Lipinski definition) is 1. The van der Waals surface area contributed by atoms with Crippen molar-refractivity contribution in [1.82, 2.24) is 0 Å². The average Bonchev–Trinajstić information content (AvgIpc) is 3.09. The van der Waals surface area contributed by atoms with Gasteiger partial charge in [-0.2, -0.15) is 0 Å². The molecule has 1 heterocycles. The molecule has 26 heavy (non-hydrogen) atoms. The molecule has 1 amide bonds. The van der Waals surface area contributed by atoms with Crippen molar-refractivity contribution in [2.24, 2.45) is 0 Å². The van der Waals surface area contributed by atoms with Crippen LogP contribution < -0.4 is 5.32 Å². The number of hydrogen-bond acceptors (Lipinski definition) is 4. The Morgan fingerprint density at radius 2 is 1.69 bits per heavy atom. The van der Waals surface area contributed by atoms with E-state index in [2.05, 4.69) is 5.32 Å². The van der Waals surface area contributed by atoms with Gasteiger partial charge in [-0.15, -0.1) is 0 Å². The van der Waals surface area contributed by atoms with Crippen LogP contribution in [0.2, 0.25) is 15.1 Å². The molecule has 0 bridgehead atoms. The number of anilines is 1. The summed E-state index contributed by atoms with van der Waals surface area (Å²) in [6.07, 6.45) is 0. The molecule has 1 aromatic heterocycles. The molecule has 0 aliphatic carbocycles. The number of rotatable bonds is 4. The number of carbonyl (C=O) groups excluding carboxylic acids is 1. The summed E-state index contributed by atoms with van der Waals surface area (Å²) in [6, 6.07) is 12.0. The van der Waals surface area contributed by atoms with Crippen molar-refractivity contribution < 1.29 is 14.1 Å². The summed E-state index contributed by atoms with van der Waals surface area (Å²) in [4.78, 5) is 22.6. The molecule has 0 radical (unpaired) electrons. The van der Waals surface area contributed by atoms with E-state index in [4.69, 9.17) is 39.2 Å². The topological polar surface area (TPSA) is 85.4 Å². The first-order valence-corrected chi connectivity index (χ1v) is 8.29. The third kappa shape index (κ3) is 3.83. The van der Waals surface area contributed by atoms with Crippen LogP contribution in [0.1, 0.15) is 10.6 Å². The van der Waals surface area contributed by atoms with Gasteiger partial charge >= 0.3 is 0 Å². The van der Waals surface area contributed by atoms with Gasteiger partial charge in [-0.3, -0.25) is 14.9 Å². The molecular weight excluding hydrogens is 403 g/mol. The molecule has 6 nitrogen and oxygen atoms in total. The molecule has 9 heteroatoms. The summed E-state index contributed by atoms with van der Waals surface area (Å²) < 4.78 is 5.53. The summed E-state index contributed by atoms with van der Waals surface area (Å²) in [5, 5.41) is 14.2. The first-order chi connectivity index (χ1) is 12.3. The van der Waals surface area contributed by atoms with E-state index in [1.165, 1.54) is 24.3 Å². The number of carbonyl (C=O) groups is 1. The molecule has 3 aromatic rings. The largest absolute Gasteiger partial charge is 0.451 e. The number of halogens is 3. The molecule has 0 atom stereocenters. The fourth-order valence-corrected chi connectivity index (χ4v) is 2.67. The van der Waals surface area contributed by atoms with Crippen LogP contribution >= 0.6 is 34.8 Å². The molecule has 0 saturated carbocycles. The Kier molecular flexibility index (Phi) is 5.18. The molecule has 0 aliphatic rings. The molecule has 0 fully saturated rings. The van der Waals surface area contributed by atoms with Gasteiger partial charge in [0.15, 0.2) is 5.76 Å².